The van der Waals surface area contributed by atoms with Crippen LogP contribution in [0.3, 0.4) is 0 Å². The molecule has 10 nitrogen and oxygen atoms in total. The molecule has 0 bridgehead atoms. The maximum absolute atomic E-state index is 12.3. The lowest BCUT2D eigenvalue weighted by Gasteiger charge is -2.17. The van der Waals surface area contributed by atoms with Crippen LogP contribution in [0.5, 0.6) is 0 Å². The molecule has 186 valence electrons. The highest BCUT2D eigenvalue weighted by Crippen LogP contribution is 2.24. The molecule has 0 saturated carbocycles. The molecule has 1 aromatic carbocycles. The zero-order chi connectivity index (χ0) is 25.8. The highest BCUT2D eigenvalue weighted by Gasteiger charge is 2.27. The van der Waals surface area contributed by atoms with Gasteiger partial charge in [-0.1, -0.05) is 17.9 Å². The van der Waals surface area contributed by atoms with Crippen LogP contribution in [0.1, 0.15) is 40.9 Å². The average molecular weight is 488 g/mol. The molecule has 2 aromatic heterocycles. The third-order valence-electron chi connectivity index (χ3n) is 6.20. The lowest BCUT2D eigenvalue weighted by molar-refractivity contribution is -0.130. The number of carbonyl (C=O) groups excluding carboxylic acids is 3. The van der Waals surface area contributed by atoms with Crippen LogP contribution in [-0.2, 0) is 16.1 Å². The van der Waals surface area contributed by atoms with E-state index in [1.165, 1.54) is 0 Å². The first-order valence-electron chi connectivity index (χ1n) is 11.8. The number of aromatic nitrogens is 3. The summed E-state index contributed by atoms with van der Waals surface area (Å²) in [5.74, 6) is 5.65. The van der Waals surface area contributed by atoms with Gasteiger partial charge in [0, 0.05) is 50.8 Å². The van der Waals surface area contributed by atoms with Gasteiger partial charge in [0.1, 0.15) is 5.92 Å². The van der Waals surface area contributed by atoms with E-state index in [4.69, 9.17) is 11.5 Å². The van der Waals surface area contributed by atoms with E-state index in [-0.39, 0.29) is 23.4 Å². The largest absolute Gasteiger partial charge is 0.364 e. The number of hydrogen-bond donors (Lipinski definition) is 2. The molecule has 10 heteroatoms. The molecule has 1 aliphatic heterocycles. The van der Waals surface area contributed by atoms with Crippen molar-refractivity contribution in [2.75, 3.05) is 27.2 Å². The predicted octanol–water partition coefficient (Wildman–Crippen LogP) is 1.05. The van der Waals surface area contributed by atoms with Gasteiger partial charge in [-0.2, -0.15) is 5.10 Å². The number of carbonyl (C=O) groups is 3. The third-order valence-corrected chi connectivity index (χ3v) is 6.20. The number of likely N-dealkylation sites (tertiary alicyclic amines) is 1. The summed E-state index contributed by atoms with van der Waals surface area (Å²) in [7, 11) is 3.51. The summed E-state index contributed by atoms with van der Waals surface area (Å²) in [4.78, 5) is 44.3. The van der Waals surface area contributed by atoms with Gasteiger partial charge in [0.05, 0.1) is 5.52 Å². The Balaban J connectivity index is 1.64. The number of hydrogen-bond acceptors (Lipinski definition) is 6. The fourth-order valence-corrected chi connectivity index (χ4v) is 4.17. The summed E-state index contributed by atoms with van der Waals surface area (Å²) < 4.78 is 1.55. The highest BCUT2D eigenvalue weighted by molar-refractivity contribution is 6.04. The van der Waals surface area contributed by atoms with Gasteiger partial charge in [0.15, 0.2) is 11.5 Å². The molecule has 1 atom stereocenters. The number of fused-ring (bicyclic) bond motifs is 1. The van der Waals surface area contributed by atoms with Gasteiger partial charge in [-0.3, -0.25) is 14.4 Å². The number of primary amides is 1. The molecule has 36 heavy (non-hydrogen) atoms. The molecule has 3 aromatic rings. The summed E-state index contributed by atoms with van der Waals surface area (Å²) in [5.41, 5.74) is 13.4. The van der Waals surface area contributed by atoms with Crippen molar-refractivity contribution in [3.05, 3.63) is 53.3 Å². The van der Waals surface area contributed by atoms with Crippen molar-refractivity contribution in [1.29, 1.82) is 0 Å². The average Bonchev–Trinajstić information content (AvgIpc) is 3.41. The van der Waals surface area contributed by atoms with Gasteiger partial charge in [-0.25, -0.2) is 9.67 Å². The highest BCUT2D eigenvalue weighted by atomic mass is 16.2. The van der Waals surface area contributed by atoms with Crippen molar-refractivity contribution in [2.24, 2.45) is 17.4 Å². The second-order valence-electron chi connectivity index (χ2n) is 8.89. The van der Waals surface area contributed by atoms with E-state index in [1.54, 1.807) is 46.9 Å². The minimum absolute atomic E-state index is 0.000518. The van der Waals surface area contributed by atoms with E-state index in [2.05, 4.69) is 21.9 Å². The van der Waals surface area contributed by atoms with E-state index in [9.17, 15) is 14.4 Å². The van der Waals surface area contributed by atoms with Crippen molar-refractivity contribution in [3.8, 4) is 17.7 Å². The molecular weight excluding hydrogens is 458 g/mol. The third kappa shape index (κ3) is 5.21. The second kappa shape index (κ2) is 10.6. The monoisotopic (exact) mass is 487 g/mol. The van der Waals surface area contributed by atoms with Crippen molar-refractivity contribution < 1.29 is 14.4 Å². The number of rotatable bonds is 7. The molecule has 4 N–H and O–H groups in total. The number of amides is 3. The fraction of sp³-hybridized carbons (Fsp3) is 0.346. The van der Waals surface area contributed by atoms with Crippen LogP contribution in [0.15, 0.2) is 36.5 Å². The number of nitrogens with zero attached hydrogens (tertiary/aromatic N) is 5. The first-order chi connectivity index (χ1) is 17.3. The standard InChI is InChI=1S/C26H29N7O3/c1-31-13-10-19(26(31)36)7-5-17-9-12-29-22(15-17)33-21-8-6-18(14-20(21)24(30-33)25(28)35)16-32(2)23(34)4-3-11-27/h6,8-9,12,14-15,19H,3-4,10-11,13,16,27H2,1-2H3,(H2,28,35). The number of pyridine rings is 1. The van der Waals surface area contributed by atoms with Crippen molar-refractivity contribution in [2.45, 2.75) is 25.8 Å². The fourth-order valence-electron chi connectivity index (χ4n) is 4.17. The van der Waals surface area contributed by atoms with E-state index < -0.39 is 5.91 Å². The molecule has 4 rings (SSSR count). The molecular formula is C26H29N7O3. The van der Waals surface area contributed by atoms with E-state index in [0.717, 1.165) is 5.56 Å². The topological polar surface area (TPSA) is 140 Å². The van der Waals surface area contributed by atoms with Gasteiger partial charge in [0.25, 0.3) is 5.91 Å². The van der Waals surface area contributed by atoms with Gasteiger partial charge >= 0.3 is 0 Å². The lowest BCUT2D eigenvalue weighted by atomic mass is 10.1. The first kappa shape index (κ1) is 24.9. The first-order valence-corrected chi connectivity index (χ1v) is 11.8. The second-order valence-corrected chi connectivity index (χ2v) is 8.89. The molecule has 1 aliphatic rings. The molecule has 0 radical (unpaired) electrons. The summed E-state index contributed by atoms with van der Waals surface area (Å²) >= 11 is 0. The minimum Gasteiger partial charge on any atom is -0.364 e. The van der Waals surface area contributed by atoms with Crippen LogP contribution in [0.2, 0.25) is 0 Å². The van der Waals surface area contributed by atoms with Gasteiger partial charge in [-0.15, -0.1) is 0 Å². The van der Waals surface area contributed by atoms with Crippen LogP contribution in [0.25, 0.3) is 16.7 Å². The summed E-state index contributed by atoms with van der Waals surface area (Å²) in [5, 5.41) is 5.00. The molecule has 0 spiro atoms. The Labute approximate surface area is 209 Å². The molecule has 1 saturated heterocycles. The quantitative estimate of drug-likeness (QED) is 0.477. The molecule has 0 aliphatic carbocycles. The summed E-state index contributed by atoms with van der Waals surface area (Å²) in [6.45, 7) is 1.54. The van der Waals surface area contributed by atoms with Crippen molar-refractivity contribution in [3.63, 3.8) is 0 Å². The van der Waals surface area contributed by atoms with Crippen LogP contribution >= 0.6 is 0 Å². The SMILES string of the molecule is CN(Cc1ccc2c(c1)c(C(N)=O)nn2-c1cc(C#CC2CCN(C)C2=O)ccn1)C(=O)CCCN. The summed E-state index contributed by atoms with van der Waals surface area (Å²) in [6, 6.07) is 9.04. The van der Waals surface area contributed by atoms with Gasteiger partial charge in [0.2, 0.25) is 11.8 Å². The maximum Gasteiger partial charge on any atom is 0.269 e. The minimum atomic E-state index is -0.664. The molecule has 1 fully saturated rings. The smallest absolute Gasteiger partial charge is 0.269 e. The zero-order valence-corrected chi connectivity index (χ0v) is 20.4. The number of benzene rings is 1. The van der Waals surface area contributed by atoms with Gasteiger partial charge in [-0.05, 0) is 49.2 Å². The Morgan fingerprint density at radius 3 is 2.75 bits per heavy atom. The van der Waals surface area contributed by atoms with Crippen LogP contribution in [0, 0.1) is 17.8 Å². The Hall–Kier alpha value is -4.23. The molecule has 3 amide bonds. The number of nitrogens with two attached hydrogens (primary N) is 2. The van der Waals surface area contributed by atoms with E-state index in [0.29, 0.717) is 61.2 Å². The molecule has 1 unspecified atom stereocenters. The van der Waals surface area contributed by atoms with E-state index >= 15 is 0 Å². The Kier molecular flexibility index (Phi) is 7.31. The Morgan fingerprint density at radius 2 is 2.06 bits per heavy atom. The van der Waals surface area contributed by atoms with Crippen LogP contribution < -0.4 is 11.5 Å². The summed E-state index contributed by atoms with van der Waals surface area (Å²) in [6.07, 6.45) is 3.33. The van der Waals surface area contributed by atoms with Crippen LogP contribution in [0.4, 0.5) is 0 Å². The van der Waals surface area contributed by atoms with E-state index in [1.807, 2.05) is 18.2 Å². The maximum atomic E-state index is 12.3. The zero-order valence-electron chi connectivity index (χ0n) is 20.4. The van der Waals surface area contributed by atoms with Crippen LogP contribution in [-0.4, -0.2) is 69.5 Å². The lowest BCUT2D eigenvalue weighted by Crippen LogP contribution is -2.26. The van der Waals surface area contributed by atoms with Crippen molar-refractivity contribution in [1.82, 2.24) is 24.6 Å². The Morgan fingerprint density at radius 1 is 1.25 bits per heavy atom. The normalized spacial score (nSPS) is 15.1. The van der Waals surface area contributed by atoms with Gasteiger partial charge < -0.3 is 21.3 Å². The molecule has 3 heterocycles. The Bertz CT molecular complexity index is 1390. The van der Waals surface area contributed by atoms with Crippen molar-refractivity contribution >= 4 is 28.6 Å². The predicted molar refractivity (Wildman–Crippen MR) is 135 cm³/mol.